The number of unbranched alkanes of at least 4 members (excludes halogenated alkanes) is 1. The van der Waals surface area contributed by atoms with Crippen LogP contribution < -0.4 is 11.1 Å². The molecule has 0 unspecified atom stereocenters. The predicted molar refractivity (Wildman–Crippen MR) is 154 cm³/mol. The van der Waals surface area contributed by atoms with Gasteiger partial charge in [0.2, 0.25) is 5.91 Å². The van der Waals surface area contributed by atoms with Gasteiger partial charge in [-0.3, -0.25) is 4.79 Å². The Morgan fingerprint density at radius 2 is 1.92 bits per heavy atom. The molecular weight excluding hydrogens is 494 g/mol. The van der Waals surface area contributed by atoms with Crippen molar-refractivity contribution in [1.82, 2.24) is 19.9 Å². The molecule has 0 aliphatic carbocycles. The third kappa shape index (κ3) is 6.86. The summed E-state index contributed by atoms with van der Waals surface area (Å²) in [6, 6.07) is 10.7. The molecule has 0 spiro atoms. The summed E-state index contributed by atoms with van der Waals surface area (Å²) in [5, 5.41) is 24.2. The van der Waals surface area contributed by atoms with Gasteiger partial charge < -0.3 is 30.6 Å². The second-order valence-corrected chi connectivity index (χ2v) is 9.64. The van der Waals surface area contributed by atoms with E-state index in [0.29, 0.717) is 43.2 Å². The summed E-state index contributed by atoms with van der Waals surface area (Å²) in [6.07, 6.45) is 6.45. The minimum atomic E-state index is -0.172. The number of pyridine rings is 1. The molecule has 0 aliphatic heterocycles. The van der Waals surface area contributed by atoms with Gasteiger partial charge in [-0.2, -0.15) is 0 Å². The molecule has 2 heterocycles. The number of nitrogens with zero attached hydrogens (tertiary/aromatic N) is 3. The number of phenols is 2. The zero-order valence-electron chi connectivity index (χ0n) is 22.4. The fourth-order valence-electron chi connectivity index (χ4n) is 4.66. The van der Waals surface area contributed by atoms with Gasteiger partial charge in [-0.15, -0.1) is 0 Å². The van der Waals surface area contributed by atoms with Gasteiger partial charge >= 0.3 is 0 Å². The van der Waals surface area contributed by atoms with Crippen LogP contribution in [0.5, 0.6) is 11.5 Å². The summed E-state index contributed by atoms with van der Waals surface area (Å²) in [4.78, 5) is 20.7. The predicted octanol–water partition coefficient (Wildman–Crippen LogP) is 4.61. The van der Waals surface area contributed by atoms with E-state index in [-0.39, 0.29) is 17.4 Å². The Morgan fingerprint density at radius 3 is 2.72 bits per heavy atom. The van der Waals surface area contributed by atoms with Crippen molar-refractivity contribution in [3.8, 4) is 11.5 Å². The van der Waals surface area contributed by atoms with Crippen LogP contribution in [-0.2, 0) is 28.9 Å². The first kappa shape index (κ1) is 27.9. The van der Waals surface area contributed by atoms with Crippen LogP contribution in [0.25, 0.3) is 21.9 Å². The van der Waals surface area contributed by atoms with Crippen LogP contribution in [0.4, 0.5) is 5.82 Å². The standard InChI is InChI=1S/C30H37N5O4/c1-3-5-9-26-34-28-29(35(26)19-21-18-22(36)11-13-25(21)37)23-17-20(10-12-24(23)33-30(28)31)8-6-15-39-16-7-14-32-27(38)4-2/h4,10-13,17-18,36-37H,2-3,5-9,14-16,19H2,1H3,(H2,31,33)(H,32,38). The summed E-state index contributed by atoms with van der Waals surface area (Å²) in [6.45, 7) is 7.69. The molecule has 0 aliphatic rings. The Kier molecular flexibility index (Phi) is 9.38. The highest BCUT2D eigenvalue weighted by Crippen LogP contribution is 2.32. The van der Waals surface area contributed by atoms with Crippen molar-refractivity contribution >= 4 is 33.7 Å². The van der Waals surface area contributed by atoms with Gasteiger partial charge in [-0.25, -0.2) is 9.97 Å². The molecule has 1 amide bonds. The first-order chi connectivity index (χ1) is 18.9. The number of aryl methyl sites for hydroxylation is 2. The van der Waals surface area contributed by atoms with Crippen molar-refractivity contribution in [2.45, 2.75) is 52.0 Å². The molecule has 9 heteroatoms. The molecular formula is C30H37N5O4. The number of carbonyl (C=O) groups is 1. The number of nitrogens with one attached hydrogen (secondary N) is 1. The number of anilines is 1. The second kappa shape index (κ2) is 13.1. The Labute approximate surface area is 228 Å². The summed E-state index contributed by atoms with van der Waals surface area (Å²) >= 11 is 0. The Balaban J connectivity index is 1.57. The lowest BCUT2D eigenvalue weighted by Crippen LogP contribution is -2.22. The number of rotatable bonds is 14. The zero-order valence-corrected chi connectivity index (χ0v) is 22.4. The number of aromatic hydroxyl groups is 2. The van der Waals surface area contributed by atoms with E-state index in [1.807, 2.05) is 6.07 Å². The van der Waals surface area contributed by atoms with Crippen LogP contribution in [-0.4, -0.2) is 50.4 Å². The van der Waals surface area contributed by atoms with Crippen molar-refractivity contribution in [2.24, 2.45) is 0 Å². The minimum absolute atomic E-state index is 0.0967. The second-order valence-electron chi connectivity index (χ2n) is 9.64. The third-order valence-electron chi connectivity index (χ3n) is 6.70. The van der Waals surface area contributed by atoms with Gasteiger partial charge in [-0.05, 0) is 67.7 Å². The lowest BCUT2D eigenvalue weighted by atomic mass is 10.1. The van der Waals surface area contributed by atoms with Crippen molar-refractivity contribution in [2.75, 3.05) is 25.5 Å². The van der Waals surface area contributed by atoms with E-state index >= 15 is 0 Å². The van der Waals surface area contributed by atoms with Crippen molar-refractivity contribution < 1.29 is 19.7 Å². The molecule has 0 bridgehead atoms. The van der Waals surface area contributed by atoms with Gasteiger partial charge in [0.15, 0.2) is 5.82 Å². The number of phenolic OH excluding ortho intramolecular Hbond substituents is 2. The number of hydrogen-bond acceptors (Lipinski definition) is 7. The van der Waals surface area contributed by atoms with Crippen LogP contribution >= 0.6 is 0 Å². The third-order valence-corrected chi connectivity index (χ3v) is 6.70. The number of hydrogen-bond donors (Lipinski definition) is 4. The maximum absolute atomic E-state index is 11.2. The van der Waals surface area contributed by atoms with E-state index in [1.54, 1.807) is 6.07 Å². The quantitative estimate of drug-likeness (QED) is 0.106. The molecule has 2 aromatic carbocycles. The van der Waals surface area contributed by atoms with Gasteiger partial charge in [0.1, 0.15) is 22.8 Å². The molecule has 0 saturated heterocycles. The number of carbonyl (C=O) groups excluding carboxylic acids is 1. The topological polar surface area (TPSA) is 136 Å². The molecule has 4 rings (SSSR count). The first-order valence-electron chi connectivity index (χ1n) is 13.5. The van der Waals surface area contributed by atoms with Crippen molar-refractivity contribution in [1.29, 1.82) is 0 Å². The van der Waals surface area contributed by atoms with Crippen molar-refractivity contribution in [3.05, 3.63) is 66.0 Å². The van der Waals surface area contributed by atoms with Gasteiger partial charge in [0.25, 0.3) is 0 Å². The lowest BCUT2D eigenvalue weighted by Gasteiger charge is -2.13. The van der Waals surface area contributed by atoms with E-state index in [4.69, 9.17) is 15.5 Å². The fraction of sp³-hybridized carbons (Fsp3) is 0.367. The van der Waals surface area contributed by atoms with Crippen LogP contribution in [0.3, 0.4) is 0 Å². The molecule has 206 valence electrons. The summed E-state index contributed by atoms with van der Waals surface area (Å²) < 4.78 is 7.82. The molecule has 0 fully saturated rings. The van der Waals surface area contributed by atoms with E-state index in [9.17, 15) is 15.0 Å². The SMILES string of the molecule is C=CC(=O)NCCCOCCCc1ccc2nc(N)c3nc(CCCC)n(Cc4cc(O)ccc4O)c3c2c1. The smallest absolute Gasteiger partial charge is 0.243 e. The Morgan fingerprint density at radius 1 is 1.10 bits per heavy atom. The fourth-order valence-corrected chi connectivity index (χ4v) is 4.66. The number of ether oxygens (including phenoxy) is 1. The molecule has 2 aromatic heterocycles. The number of amides is 1. The summed E-state index contributed by atoms with van der Waals surface area (Å²) in [7, 11) is 0. The van der Waals surface area contributed by atoms with E-state index in [1.165, 1.54) is 18.2 Å². The maximum Gasteiger partial charge on any atom is 0.243 e. The Hall–Kier alpha value is -4.11. The van der Waals surface area contributed by atoms with E-state index < -0.39 is 0 Å². The monoisotopic (exact) mass is 531 g/mol. The number of imidazole rings is 1. The van der Waals surface area contributed by atoms with Gasteiger partial charge in [-0.1, -0.05) is 26.0 Å². The molecule has 0 radical (unpaired) electrons. The van der Waals surface area contributed by atoms with E-state index in [2.05, 4.69) is 40.5 Å². The lowest BCUT2D eigenvalue weighted by molar-refractivity contribution is -0.116. The van der Waals surface area contributed by atoms with E-state index in [0.717, 1.165) is 66.3 Å². The average molecular weight is 532 g/mol. The molecule has 4 aromatic rings. The average Bonchev–Trinajstić information content (AvgIpc) is 3.30. The zero-order chi connectivity index (χ0) is 27.8. The number of fused-ring (bicyclic) bond motifs is 3. The van der Waals surface area contributed by atoms with Crippen molar-refractivity contribution in [3.63, 3.8) is 0 Å². The largest absolute Gasteiger partial charge is 0.508 e. The molecule has 0 atom stereocenters. The highest BCUT2D eigenvalue weighted by atomic mass is 16.5. The molecule has 39 heavy (non-hydrogen) atoms. The minimum Gasteiger partial charge on any atom is -0.508 e. The van der Waals surface area contributed by atoms with Crippen LogP contribution in [0.1, 0.15) is 49.6 Å². The first-order valence-corrected chi connectivity index (χ1v) is 13.5. The number of nitrogens with two attached hydrogens (primary N) is 1. The number of benzene rings is 2. The number of nitrogen functional groups attached to an aromatic ring is 1. The molecule has 9 nitrogen and oxygen atoms in total. The molecule has 0 saturated carbocycles. The van der Waals surface area contributed by atoms with Crippen LogP contribution in [0.2, 0.25) is 0 Å². The van der Waals surface area contributed by atoms with Gasteiger partial charge in [0.05, 0.1) is 17.6 Å². The van der Waals surface area contributed by atoms with Crippen LogP contribution in [0, 0.1) is 0 Å². The molecule has 5 N–H and O–H groups in total. The van der Waals surface area contributed by atoms with Crippen LogP contribution in [0.15, 0.2) is 49.1 Å². The summed E-state index contributed by atoms with van der Waals surface area (Å²) in [5.74, 6) is 1.29. The Bertz CT molecular complexity index is 1460. The highest BCUT2D eigenvalue weighted by Gasteiger charge is 2.19. The normalized spacial score (nSPS) is 11.3. The van der Waals surface area contributed by atoms with Gasteiger partial charge in [0, 0.05) is 37.1 Å². The summed E-state index contributed by atoms with van der Waals surface area (Å²) in [5.41, 5.74) is 10.4. The highest BCUT2D eigenvalue weighted by molar-refractivity contribution is 6.06. The number of aromatic nitrogens is 3. The maximum atomic E-state index is 11.2.